The van der Waals surface area contributed by atoms with Crippen molar-refractivity contribution in [3.63, 3.8) is 0 Å². The molecule has 2 amide bonds. The predicted molar refractivity (Wildman–Crippen MR) is 311 cm³/mol. The van der Waals surface area contributed by atoms with Gasteiger partial charge in [-0.05, 0) is 34.5 Å². The normalized spacial score (nSPS) is 34.0. The first kappa shape index (κ1) is 80.2. The molecule has 4 fully saturated rings. The smallest absolute Gasteiger partial charge is 0.336 e. The van der Waals surface area contributed by atoms with Gasteiger partial charge in [0.05, 0.1) is 60.9 Å². The summed E-state index contributed by atoms with van der Waals surface area (Å²) in [7, 11) is 0. The Hall–Kier alpha value is -6.20. The Morgan fingerprint density at radius 3 is 0.968 bits per heavy atom. The van der Waals surface area contributed by atoms with E-state index in [0.29, 0.717) is 12.4 Å². The Morgan fingerprint density at radius 1 is 0.426 bits per heavy atom. The summed E-state index contributed by atoms with van der Waals surface area (Å²) < 4.78 is 44.7. The van der Waals surface area contributed by atoms with Gasteiger partial charge in [-0.15, -0.1) is 0 Å². The SMILES string of the molecule is CC(C)(C)C1OC(C(=O)O)[C@@H](C(/C=N/NC(=O)CCCCC(=O)N/N=C/C(OC(C(=O)O)C(C=O)O[C@H]2OC(C(=O)O)[C@H](C(C)(C)C)C(O)[C@H]2O)[C@H]2C(C(=O)O)O[C@H](C(C)(C)C)[C@H](O)C2O)OC(C(=O)O)C(C=O)O[C@@H]2OC(C(=O)O)[C@@H](C(C)(C)C)[C@H](O)C2O)[C@H](O)[C@@H]1O. The topological polar surface area (TPSA) is 577 Å². The van der Waals surface area contributed by atoms with Crippen LogP contribution in [0.1, 0.15) is 109 Å². The van der Waals surface area contributed by atoms with Crippen molar-refractivity contribution in [2.75, 3.05) is 0 Å². The van der Waals surface area contributed by atoms with Gasteiger partial charge in [-0.3, -0.25) is 9.59 Å². The molecule has 0 spiro atoms. The maximum Gasteiger partial charge on any atom is 0.336 e. The summed E-state index contributed by atoms with van der Waals surface area (Å²) in [5, 5.41) is 159. The number of aliphatic carboxylic acids is 6. The maximum atomic E-state index is 13.2. The van der Waals surface area contributed by atoms with Crippen molar-refractivity contribution >= 4 is 72.6 Å². The van der Waals surface area contributed by atoms with E-state index >= 15 is 0 Å². The summed E-state index contributed by atoms with van der Waals surface area (Å²) >= 11 is 0. The molecule has 4 saturated heterocycles. The minimum Gasteiger partial charge on any atom is -0.479 e. The van der Waals surface area contributed by atoms with E-state index in [1.165, 1.54) is 83.1 Å². The van der Waals surface area contributed by atoms with Gasteiger partial charge >= 0.3 is 35.8 Å². The van der Waals surface area contributed by atoms with E-state index in [-0.39, 0.29) is 25.4 Å². The molecule has 0 bridgehead atoms. The quantitative estimate of drug-likeness (QED) is 0.0149. The second-order valence-corrected chi connectivity index (χ2v) is 27.8. The molecule has 36 nitrogen and oxygen atoms in total. The number of amides is 2. The van der Waals surface area contributed by atoms with Gasteiger partial charge in [-0.1, -0.05) is 83.1 Å². The fourth-order valence-corrected chi connectivity index (χ4v) is 11.8. The Bertz CT molecular complexity index is 2540. The number of carboxylic acid groups (broad SMARTS) is 6. The first-order valence-corrected chi connectivity index (χ1v) is 29.8. The van der Waals surface area contributed by atoms with Crippen molar-refractivity contribution in [1.82, 2.24) is 10.9 Å². The molecule has 94 heavy (non-hydrogen) atoms. The van der Waals surface area contributed by atoms with E-state index < -0.39 is 240 Å². The first-order chi connectivity index (χ1) is 43.2. The van der Waals surface area contributed by atoms with E-state index in [0.717, 1.165) is 0 Å². The summed E-state index contributed by atoms with van der Waals surface area (Å²) in [5.41, 5.74) is -0.0336. The van der Waals surface area contributed by atoms with Crippen LogP contribution in [0.5, 0.6) is 0 Å². The molecule has 36 heteroatoms. The standard InChI is InChI=1S/C58H90N4O32/c1-55(2,3)29-33(69)37(73)53(93-43(29)51(83)84)89-23(19-63)39(47(75)76)87-21(27-31(67)35(71)45(57(7,8)9)91-41(27)49(79)80)17-59-61-25(65)15-13-14-16-26(66)62-60-18-22(28-32(68)36(72)46(58(10,11)12)92-42(28)50(81)82)88-40(48(77)78)24(20-64)90-54-38(74)34(70)30(56(4,5)6)44(94-54)52(85)86/h17-24,27-46,53-54,67-74H,13-16H2,1-12H3,(H,61,65)(H,62,66)(H,75,76)(H,77,78)(H,79,80)(H,81,82)(H,83,84)(H,85,86)/b59-17+,60-18+/t21?,22?,23?,24?,27-,28+,29-,30+,31-,32?,33-,34?,35-,36+,37?,38+,39?,40?,41?,42?,43?,44?,45?,46-,53+,54-/m0/s1. The number of aliphatic hydroxyl groups is 8. The number of hydrogen-bond acceptors (Lipinski definition) is 28. The van der Waals surface area contributed by atoms with Crippen molar-refractivity contribution < 1.29 is 157 Å². The number of aldehydes is 2. The minimum absolute atomic E-state index is 0.143. The average Bonchev–Trinajstić information content (AvgIpc) is 0.791. The zero-order valence-corrected chi connectivity index (χ0v) is 53.7. The van der Waals surface area contributed by atoms with Gasteiger partial charge in [0.2, 0.25) is 11.8 Å². The fraction of sp³-hybridized carbons (Fsp3) is 0.793. The van der Waals surface area contributed by atoms with Crippen LogP contribution in [0, 0.1) is 45.3 Å². The third kappa shape index (κ3) is 19.7. The molecule has 0 aromatic heterocycles. The summed E-state index contributed by atoms with van der Waals surface area (Å²) in [5.74, 6) is -19.4. The molecular weight excluding hydrogens is 1260 g/mol. The number of unbranched alkanes of at least 4 members (excludes halogenated alkanes) is 1. The first-order valence-electron chi connectivity index (χ1n) is 29.8. The largest absolute Gasteiger partial charge is 0.479 e. The van der Waals surface area contributed by atoms with Crippen LogP contribution >= 0.6 is 0 Å². The summed E-state index contributed by atoms with van der Waals surface area (Å²) in [6.45, 7) is 18.4. The van der Waals surface area contributed by atoms with Crippen LogP contribution < -0.4 is 10.9 Å². The molecule has 14 unspecified atom stereocenters. The van der Waals surface area contributed by atoms with Crippen LogP contribution in [0.4, 0.5) is 0 Å². The predicted octanol–water partition coefficient (Wildman–Crippen LogP) is -3.54. The lowest BCUT2D eigenvalue weighted by atomic mass is 9.71. The Balaban J connectivity index is 1.57. The number of hydrogen-bond donors (Lipinski definition) is 16. The number of carbonyl (C=O) groups is 10. The molecule has 4 heterocycles. The second kappa shape index (κ2) is 32.7. The molecule has 4 aliphatic rings. The lowest BCUT2D eigenvalue weighted by Gasteiger charge is -2.48. The number of rotatable bonds is 29. The van der Waals surface area contributed by atoms with E-state index in [9.17, 15) is 119 Å². The molecule has 0 aromatic carbocycles. The molecule has 26 atom stereocenters. The van der Waals surface area contributed by atoms with E-state index in [1.54, 1.807) is 0 Å². The number of nitrogens with one attached hydrogen (secondary N) is 2. The fourth-order valence-electron chi connectivity index (χ4n) is 11.8. The van der Waals surface area contributed by atoms with Crippen LogP contribution in [-0.4, -0.2) is 279 Å². The van der Waals surface area contributed by atoms with Gasteiger partial charge in [-0.25, -0.2) is 39.6 Å². The van der Waals surface area contributed by atoms with E-state index in [4.69, 9.17) is 37.9 Å². The average molecular weight is 1360 g/mol. The van der Waals surface area contributed by atoms with Crippen molar-refractivity contribution in [3.8, 4) is 0 Å². The molecule has 0 saturated carbocycles. The lowest BCUT2D eigenvalue weighted by Crippen LogP contribution is -2.64. The Labute approximate surface area is 538 Å². The highest BCUT2D eigenvalue weighted by Gasteiger charge is 2.59. The summed E-state index contributed by atoms with van der Waals surface area (Å²) in [4.78, 5) is 128. The zero-order chi connectivity index (χ0) is 71.8. The van der Waals surface area contributed by atoms with Gasteiger partial charge in [0.1, 0.15) is 36.6 Å². The molecule has 534 valence electrons. The lowest BCUT2D eigenvalue weighted by molar-refractivity contribution is -0.308. The van der Waals surface area contributed by atoms with Crippen molar-refractivity contribution in [2.45, 2.75) is 243 Å². The third-order valence-electron chi connectivity index (χ3n) is 16.5. The van der Waals surface area contributed by atoms with E-state index in [1.807, 2.05) is 0 Å². The van der Waals surface area contributed by atoms with Gasteiger partial charge in [0, 0.05) is 24.7 Å². The van der Waals surface area contributed by atoms with Crippen molar-refractivity contribution in [1.29, 1.82) is 0 Å². The van der Waals surface area contributed by atoms with Gasteiger partial charge < -0.3 is 119 Å². The maximum absolute atomic E-state index is 13.2. The monoisotopic (exact) mass is 1350 g/mol. The van der Waals surface area contributed by atoms with Gasteiger partial charge in [0.25, 0.3) is 0 Å². The van der Waals surface area contributed by atoms with Crippen LogP contribution in [-0.2, 0) is 85.8 Å². The molecule has 4 rings (SSSR count). The number of carbonyl (C=O) groups excluding carboxylic acids is 4. The molecule has 16 N–H and O–H groups in total. The molecular formula is C58H90N4O32. The van der Waals surface area contributed by atoms with Gasteiger partial charge in [0.15, 0.2) is 74.0 Å². The Morgan fingerprint density at radius 2 is 0.723 bits per heavy atom. The summed E-state index contributed by atoms with van der Waals surface area (Å²) in [6, 6.07) is 0. The van der Waals surface area contributed by atoms with E-state index in [2.05, 4.69) is 21.1 Å². The molecule has 0 aliphatic carbocycles. The second-order valence-electron chi connectivity index (χ2n) is 27.8. The number of aliphatic hydroxyl groups excluding tert-OH is 8. The number of hydrazone groups is 2. The number of ether oxygens (including phenoxy) is 8. The minimum atomic E-state index is -2.60. The van der Waals surface area contributed by atoms with Crippen LogP contribution in [0.15, 0.2) is 10.2 Å². The summed E-state index contributed by atoms with van der Waals surface area (Å²) in [6.07, 6.45) is -46.1. The highest BCUT2D eigenvalue weighted by molar-refractivity contribution is 5.82. The van der Waals surface area contributed by atoms with Crippen LogP contribution in [0.2, 0.25) is 0 Å². The van der Waals surface area contributed by atoms with Crippen molar-refractivity contribution in [2.24, 2.45) is 55.5 Å². The third-order valence-corrected chi connectivity index (χ3v) is 16.5. The van der Waals surface area contributed by atoms with Crippen LogP contribution in [0.25, 0.3) is 0 Å². The molecule has 4 aliphatic heterocycles. The van der Waals surface area contributed by atoms with Crippen molar-refractivity contribution in [3.05, 3.63) is 0 Å². The highest BCUT2D eigenvalue weighted by Crippen LogP contribution is 2.43. The van der Waals surface area contributed by atoms with Gasteiger partial charge in [-0.2, -0.15) is 10.2 Å². The number of carboxylic acids is 6. The highest BCUT2D eigenvalue weighted by atomic mass is 16.7. The zero-order valence-electron chi connectivity index (χ0n) is 53.7. The number of nitrogens with zero attached hydrogens (tertiary/aromatic N) is 2. The Kier molecular flexibility index (Phi) is 27.9. The molecule has 0 aromatic rings. The molecule has 0 radical (unpaired) electrons. The van der Waals surface area contributed by atoms with Crippen LogP contribution in [0.3, 0.4) is 0 Å².